The summed E-state index contributed by atoms with van der Waals surface area (Å²) in [6.45, 7) is 6.17. The summed E-state index contributed by atoms with van der Waals surface area (Å²) >= 11 is 0. The number of halogens is 1. The van der Waals surface area contributed by atoms with Crippen molar-refractivity contribution < 1.29 is 33.2 Å². The molecule has 0 radical (unpaired) electrons. The molecule has 0 spiro atoms. The zero-order valence-corrected chi connectivity index (χ0v) is 18.7. The van der Waals surface area contributed by atoms with Crippen molar-refractivity contribution in [1.29, 1.82) is 0 Å². The Morgan fingerprint density at radius 2 is 1.79 bits per heavy atom. The fourth-order valence-electron chi connectivity index (χ4n) is 3.27. The second kappa shape index (κ2) is 8.89. The van der Waals surface area contributed by atoms with Crippen LogP contribution in [-0.4, -0.2) is 45.3 Å². The molecule has 2 N–H and O–H groups in total. The Kier molecular flexibility index (Phi) is 6.35. The van der Waals surface area contributed by atoms with E-state index in [-0.39, 0.29) is 22.5 Å². The highest BCUT2D eigenvalue weighted by Crippen LogP contribution is 2.32. The number of ether oxygens (including phenoxy) is 1. The lowest BCUT2D eigenvalue weighted by molar-refractivity contribution is -0.385. The van der Waals surface area contributed by atoms with Gasteiger partial charge >= 0.3 is 6.09 Å². The van der Waals surface area contributed by atoms with Gasteiger partial charge in [-0.3, -0.25) is 34.7 Å². The van der Waals surface area contributed by atoms with Crippen molar-refractivity contribution in [2.75, 3.05) is 10.6 Å². The minimum atomic E-state index is -1.35. The Morgan fingerprint density at radius 1 is 1.12 bits per heavy atom. The average molecular weight is 472 g/mol. The number of nitrogens with one attached hydrogen (secondary N) is 2. The third-order valence-electron chi connectivity index (χ3n) is 4.76. The summed E-state index contributed by atoms with van der Waals surface area (Å²) < 4.78 is 19.2. The largest absolute Gasteiger partial charge is 0.444 e. The molecule has 0 saturated carbocycles. The predicted octanol–water partition coefficient (Wildman–Crippen LogP) is 3.70. The third-order valence-corrected chi connectivity index (χ3v) is 4.76. The highest BCUT2D eigenvalue weighted by atomic mass is 19.1. The fraction of sp³-hybridized carbons (Fsp3) is 0.273. The molecule has 2 aromatic rings. The number of rotatable bonds is 5. The van der Waals surface area contributed by atoms with Crippen LogP contribution in [0.5, 0.6) is 0 Å². The van der Waals surface area contributed by atoms with Gasteiger partial charge in [0.2, 0.25) is 5.91 Å². The highest BCUT2D eigenvalue weighted by Gasteiger charge is 2.44. The van der Waals surface area contributed by atoms with Gasteiger partial charge in [0.25, 0.3) is 17.5 Å². The van der Waals surface area contributed by atoms with Crippen LogP contribution in [0, 0.1) is 15.9 Å². The van der Waals surface area contributed by atoms with Gasteiger partial charge in [-0.2, -0.15) is 0 Å². The van der Waals surface area contributed by atoms with Crippen molar-refractivity contribution in [1.82, 2.24) is 4.90 Å². The van der Waals surface area contributed by atoms with Gasteiger partial charge in [0.15, 0.2) is 0 Å². The van der Waals surface area contributed by atoms with Crippen LogP contribution >= 0.6 is 0 Å². The van der Waals surface area contributed by atoms with E-state index >= 15 is 0 Å². The number of anilines is 2. The Balaban J connectivity index is 1.78. The minimum Gasteiger partial charge on any atom is -0.444 e. The molecule has 0 bridgehead atoms. The van der Waals surface area contributed by atoms with Crippen LogP contribution in [0.4, 0.5) is 26.2 Å². The molecule has 1 heterocycles. The number of amides is 4. The molecule has 0 aliphatic carbocycles. The van der Waals surface area contributed by atoms with Crippen molar-refractivity contribution in [3.8, 4) is 0 Å². The molecule has 0 aromatic heterocycles. The third kappa shape index (κ3) is 4.85. The minimum absolute atomic E-state index is 0.0619. The second-order valence-corrected chi connectivity index (χ2v) is 8.42. The standard InChI is InChI=1S/C22H21FN4O7/c1-11(26-19(29)13-6-5-7-16(27(32)33)17(13)20(26)30)18(28)24-12-8-9-14(23)15(10-12)25-21(31)34-22(2,3)4/h5-11H,1-4H3,(H,24,28)(H,25,31). The van der Waals surface area contributed by atoms with E-state index in [1.165, 1.54) is 25.1 Å². The summed E-state index contributed by atoms with van der Waals surface area (Å²) in [6, 6.07) is 5.63. The Hall–Kier alpha value is -4.35. The van der Waals surface area contributed by atoms with Crippen molar-refractivity contribution in [2.45, 2.75) is 39.3 Å². The number of nitro groups is 1. The molecule has 34 heavy (non-hydrogen) atoms. The maximum Gasteiger partial charge on any atom is 0.412 e. The van der Waals surface area contributed by atoms with Crippen molar-refractivity contribution >= 4 is 40.9 Å². The van der Waals surface area contributed by atoms with E-state index in [1.54, 1.807) is 20.8 Å². The number of nitro benzene ring substituents is 1. The summed E-state index contributed by atoms with van der Waals surface area (Å²) in [5.74, 6) is -3.42. The van der Waals surface area contributed by atoms with Crippen LogP contribution in [-0.2, 0) is 9.53 Å². The van der Waals surface area contributed by atoms with Crippen LogP contribution in [0.2, 0.25) is 0 Å². The van der Waals surface area contributed by atoms with Gasteiger partial charge in [-0.1, -0.05) is 6.07 Å². The lowest BCUT2D eigenvalue weighted by Crippen LogP contribution is -2.45. The number of nitrogens with zero attached hydrogens (tertiary/aromatic N) is 2. The van der Waals surface area contributed by atoms with E-state index in [0.717, 1.165) is 18.2 Å². The smallest absolute Gasteiger partial charge is 0.412 e. The molecule has 1 aliphatic heterocycles. The van der Waals surface area contributed by atoms with E-state index in [9.17, 15) is 33.7 Å². The number of benzene rings is 2. The number of carbonyl (C=O) groups excluding carboxylic acids is 4. The van der Waals surface area contributed by atoms with Crippen LogP contribution in [0.1, 0.15) is 48.4 Å². The quantitative estimate of drug-likeness (QED) is 0.383. The normalized spacial score (nSPS) is 13.9. The van der Waals surface area contributed by atoms with Gasteiger partial charge in [-0.15, -0.1) is 0 Å². The molecule has 3 rings (SSSR count). The van der Waals surface area contributed by atoms with Crippen molar-refractivity contribution in [3.63, 3.8) is 0 Å². The van der Waals surface area contributed by atoms with Crippen molar-refractivity contribution in [3.05, 3.63) is 63.5 Å². The monoisotopic (exact) mass is 472 g/mol. The topological polar surface area (TPSA) is 148 Å². The molecule has 11 nitrogen and oxygen atoms in total. The Labute approximate surface area is 193 Å². The molecular formula is C22H21FN4O7. The second-order valence-electron chi connectivity index (χ2n) is 8.42. The van der Waals surface area contributed by atoms with Gasteiger partial charge in [-0.05, 0) is 52.0 Å². The first-order chi connectivity index (χ1) is 15.8. The van der Waals surface area contributed by atoms with E-state index in [0.29, 0.717) is 4.90 Å². The summed E-state index contributed by atoms with van der Waals surface area (Å²) in [7, 11) is 0. The molecule has 12 heteroatoms. The van der Waals surface area contributed by atoms with Crippen LogP contribution in [0.25, 0.3) is 0 Å². The van der Waals surface area contributed by atoms with E-state index in [4.69, 9.17) is 4.74 Å². The number of hydrogen-bond donors (Lipinski definition) is 2. The molecule has 1 aliphatic rings. The van der Waals surface area contributed by atoms with Crippen molar-refractivity contribution in [2.24, 2.45) is 0 Å². The molecule has 1 unspecified atom stereocenters. The van der Waals surface area contributed by atoms with Crippen LogP contribution < -0.4 is 10.6 Å². The first-order valence-electron chi connectivity index (χ1n) is 10.1. The van der Waals surface area contributed by atoms with E-state index < -0.39 is 51.9 Å². The lowest BCUT2D eigenvalue weighted by atomic mass is 10.1. The molecule has 0 fully saturated rings. The number of carbonyl (C=O) groups is 4. The maximum atomic E-state index is 14.1. The first-order valence-corrected chi connectivity index (χ1v) is 10.1. The first kappa shape index (κ1) is 24.3. The van der Waals surface area contributed by atoms with Crippen LogP contribution in [0.15, 0.2) is 36.4 Å². The highest BCUT2D eigenvalue weighted by molar-refractivity contribution is 6.24. The van der Waals surface area contributed by atoms with Crippen LogP contribution in [0.3, 0.4) is 0 Å². The molecule has 178 valence electrons. The molecule has 4 amide bonds. The van der Waals surface area contributed by atoms with E-state index in [1.807, 2.05) is 0 Å². The summed E-state index contributed by atoms with van der Waals surface area (Å²) in [5, 5.41) is 15.9. The summed E-state index contributed by atoms with van der Waals surface area (Å²) in [5.41, 5.74) is -2.12. The predicted molar refractivity (Wildman–Crippen MR) is 118 cm³/mol. The molecule has 1 atom stereocenters. The maximum absolute atomic E-state index is 14.1. The molecular weight excluding hydrogens is 451 g/mol. The Morgan fingerprint density at radius 3 is 2.41 bits per heavy atom. The number of hydrogen-bond acceptors (Lipinski definition) is 7. The van der Waals surface area contributed by atoms with Gasteiger partial charge in [-0.25, -0.2) is 9.18 Å². The SMILES string of the molecule is CC(C(=O)Nc1ccc(F)c(NC(=O)OC(C)(C)C)c1)N1C(=O)c2cccc([N+](=O)[O-])c2C1=O. The van der Waals surface area contributed by atoms with Gasteiger partial charge < -0.3 is 10.1 Å². The summed E-state index contributed by atoms with van der Waals surface area (Å²) in [6.07, 6.45) is -0.907. The van der Waals surface area contributed by atoms with Gasteiger partial charge in [0.1, 0.15) is 23.0 Å². The number of imide groups is 1. The molecule has 0 saturated heterocycles. The van der Waals surface area contributed by atoms with Gasteiger partial charge in [0.05, 0.1) is 16.2 Å². The summed E-state index contributed by atoms with van der Waals surface area (Å²) in [4.78, 5) is 61.3. The Bertz CT molecular complexity index is 1220. The zero-order valence-electron chi connectivity index (χ0n) is 18.7. The lowest BCUT2D eigenvalue weighted by Gasteiger charge is -2.22. The average Bonchev–Trinajstić information content (AvgIpc) is 2.98. The zero-order chi connectivity index (χ0) is 25.4. The molecule has 2 aromatic carbocycles. The van der Waals surface area contributed by atoms with E-state index in [2.05, 4.69) is 10.6 Å². The van der Waals surface area contributed by atoms with Gasteiger partial charge in [0, 0.05) is 11.8 Å². The number of fused-ring (bicyclic) bond motifs is 1. The fourth-order valence-corrected chi connectivity index (χ4v) is 3.27.